The lowest BCUT2D eigenvalue weighted by atomic mass is 10.1. The van der Waals surface area contributed by atoms with E-state index in [-0.39, 0.29) is 18.4 Å². The molecule has 0 aliphatic rings. The summed E-state index contributed by atoms with van der Waals surface area (Å²) < 4.78 is 1.12. The van der Waals surface area contributed by atoms with Gasteiger partial charge >= 0.3 is 0 Å². The number of halogens is 2. The Labute approximate surface area is 87.9 Å². The van der Waals surface area contributed by atoms with Crippen molar-refractivity contribution in [3.05, 3.63) is 34.3 Å². The van der Waals surface area contributed by atoms with E-state index in [1.54, 1.807) is 0 Å². The quantitative estimate of drug-likeness (QED) is 0.858. The minimum atomic E-state index is 0. The van der Waals surface area contributed by atoms with Crippen LogP contribution < -0.4 is 5.73 Å². The minimum Gasteiger partial charge on any atom is -0.328 e. The summed E-state index contributed by atoms with van der Waals surface area (Å²) in [6.45, 7) is 2.02. The van der Waals surface area contributed by atoms with Gasteiger partial charge in [0.25, 0.3) is 0 Å². The van der Waals surface area contributed by atoms with Gasteiger partial charge in [-0.1, -0.05) is 28.1 Å². The molecule has 2 N–H and O–H groups in total. The summed E-state index contributed by atoms with van der Waals surface area (Å²) in [5.41, 5.74) is 6.95. The first-order valence-corrected chi connectivity index (χ1v) is 4.48. The molecule has 0 amide bonds. The van der Waals surface area contributed by atoms with Crippen molar-refractivity contribution in [2.45, 2.75) is 19.4 Å². The maximum Gasteiger partial charge on any atom is 0.0175 e. The van der Waals surface area contributed by atoms with E-state index in [0.717, 1.165) is 10.9 Å². The monoisotopic (exact) mass is 249 g/mol. The number of hydrogen-bond donors (Lipinski definition) is 1. The molecule has 0 bridgehead atoms. The van der Waals surface area contributed by atoms with Crippen LogP contribution in [0.15, 0.2) is 28.7 Å². The lowest BCUT2D eigenvalue weighted by molar-refractivity contribution is 0.738. The highest BCUT2D eigenvalue weighted by Gasteiger charge is 1.96. The number of benzene rings is 1. The van der Waals surface area contributed by atoms with Crippen molar-refractivity contribution < 1.29 is 0 Å². The molecule has 0 radical (unpaired) electrons. The highest BCUT2D eigenvalue weighted by molar-refractivity contribution is 9.10. The molecule has 0 aliphatic heterocycles. The minimum absolute atomic E-state index is 0. The van der Waals surface area contributed by atoms with Crippen LogP contribution in [0.25, 0.3) is 0 Å². The van der Waals surface area contributed by atoms with Crippen molar-refractivity contribution in [1.82, 2.24) is 0 Å². The van der Waals surface area contributed by atoms with Gasteiger partial charge in [-0.3, -0.25) is 0 Å². The molecule has 1 atom stereocenters. The summed E-state index contributed by atoms with van der Waals surface area (Å²) in [7, 11) is 0. The molecule has 0 saturated carbocycles. The molecule has 0 aromatic heterocycles. The van der Waals surface area contributed by atoms with Gasteiger partial charge in [-0.25, -0.2) is 0 Å². The molecule has 0 heterocycles. The van der Waals surface area contributed by atoms with Crippen molar-refractivity contribution in [1.29, 1.82) is 0 Å². The summed E-state index contributed by atoms with van der Waals surface area (Å²) >= 11 is 3.38. The normalized spacial score (nSPS) is 11.9. The SMILES string of the molecule is CC(N)Cc1ccc(Br)cc1.Cl. The van der Waals surface area contributed by atoms with E-state index >= 15 is 0 Å². The average molecular weight is 251 g/mol. The predicted octanol–water partition coefficient (Wildman–Crippen LogP) is 2.76. The zero-order chi connectivity index (χ0) is 8.27. The zero-order valence-corrected chi connectivity index (χ0v) is 9.36. The van der Waals surface area contributed by atoms with E-state index in [2.05, 4.69) is 28.1 Å². The molecular formula is C9H13BrClN. The van der Waals surface area contributed by atoms with Crippen molar-refractivity contribution in [3.8, 4) is 0 Å². The summed E-state index contributed by atoms with van der Waals surface area (Å²) in [6.07, 6.45) is 0.952. The van der Waals surface area contributed by atoms with Crippen molar-refractivity contribution in [2.24, 2.45) is 5.73 Å². The molecule has 12 heavy (non-hydrogen) atoms. The highest BCUT2D eigenvalue weighted by atomic mass is 79.9. The van der Waals surface area contributed by atoms with Crippen molar-refractivity contribution in [2.75, 3.05) is 0 Å². The summed E-state index contributed by atoms with van der Waals surface area (Å²) in [6, 6.07) is 8.51. The van der Waals surface area contributed by atoms with Crippen LogP contribution in [0.2, 0.25) is 0 Å². The first kappa shape index (κ1) is 11.9. The Bertz CT molecular complexity index is 220. The van der Waals surface area contributed by atoms with Gasteiger partial charge in [0.15, 0.2) is 0 Å². The molecule has 0 spiro atoms. The van der Waals surface area contributed by atoms with Crippen molar-refractivity contribution in [3.63, 3.8) is 0 Å². The standard InChI is InChI=1S/C9H12BrN.ClH/c1-7(11)6-8-2-4-9(10)5-3-8;/h2-5,7H,6,11H2,1H3;1H. The molecular weight excluding hydrogens is 237 g/mol. The molecule has 0 saturated heterocycles. The third kappa shape index (κ3) is 4.10. The molecule has 1 unspecified atom stereocenters. The predicted molar refractivity (Wildman–Crippen MR) is 58.7 cm³/mol. The van der Waals surface area contributed by atoms with Gasteiger partial charge in [0, 0.05) is 10.5 Å². The fraction of sp³-hybridized carbons (Fsp3) is 0.333. The molecule has 3 heteroatoms. The summed E-state index contributed by atoms with van der Waals surface area (Å²) in [5.74, 6) is 0. The van der Waals surface area contributed by atoms with Crippen LogP contribution in [-0.2, 0) is 6.42 Å². The molecule has 1 aromatic carbocycles. The lowest BCUT2D eigenvalue weighted by Crippen LogP contribution is -2.17. The average Bonchev–Trinajstić information content (AvgIpc) is 1.93. The first-order valence-electron chi connectivity index (χ1n) is 3.68. The second-order valence-electron chi connectivity index (χ2n) is 2.81. The van der Waals surface area contributed by atoms with Crippen LogP contribution in [-0.4, -0.2) is 6.04 Å². The lowest BCUT2D eigenvalue weighted by Gasteiger charge is -2.03. The smallest absolute Gasteiger partial charge is 0.0175 e. The number of hydrogen-bond acceptors (Lipinski definition) is 1. The Morgan fingerprint density at radius 2 is 1.83 bits per heavy atom. The topological polar surface area (TPSA) is 26.0 Å². The number of nitrogens with two attached hydrogens (primary N) is 1. The van der Waals surface area contributed by atoms with E-state index in [9.17, 15) is 0 Å². The molecule has 0 fully saturated rings. The van der Waals surface area contributed by atoms with Gasteiger partial charge in [0.2, 0.25) is 0 Å². The summed E-state index contributed by atoms with van der Waals surface area (Å²) in [4.78, 5) is 0. The molecule has 1 nitrogen and oxygen atoms in total. The van der Waals surface area contributed by atoms with Crippen LogP contribution in [0, 0.1) is 0 Å². The molecule has 0 aliphatic carbocycles. The Morgan fingerprint density at radius 1 is 1.33 bits per heavy atom. The molecule has 1 rings (SSSR count). The van der Waals surface area contributed by atoms with Crippen LogP contribution >= 0.6 is 28.3 Å². The second kappa shape index (κ2) is 5.57. The summed E-state index contributed by atoms with van der Waals surface area (Å²) in [5, 5.41) is 0. The highest BCUT2D eigenvalue weighted by Crippen LogP contribution is 2.11. The second-order valence-corrected chi connectivity index (χ2v) is 3.72. The fourth-order valence-corrected chi connectivity index (χ4v) is 1.26. The maximum absolute atomic E-state index is 5.65. The van der Waals surface area contributed by atoms with Gasteiger partial charge in [-0.2, -0.15) is 0 Å². The van der Waals surface area contributed by atoms with Crippen LogP contribution in [0.5, 0.6) is 0 Å². The Kier molecular flexibility index (Phi) is 5.55. The van der Waals surface area contributed by atoms with Gasteiger partial charge in [-0.15, -0.1) is 12.4 Å². The largest absolute Gasteiger partial charge is 0.328 e. The molecule has 1 aromatic rings. The molecule has 68 valence electrons. The maximum atomic E-state index is 5.65. The van der Waals surface area contributed by atoms with Crippen LogP contribution in [0.3, 0.4) is 0 Å². The van der Waals surface area contributed by atoms with Crippen LogP contribution in [0.1, 0.15) is 12.5 Å². The Morgan fingerprint density at radius 3 is 2.25 bits per heavy atom. The van der Waals surface area contributed by atoms with Crippen molar-refractivity contribution >= 4 is 28.3 Å². The van der Waals surface area contributed by atoms with Crippen LogP contribution in [0.4, 0.5) is 0 Å². The van der Waals surface area contributed by atoms with E-state index < -0.39 is 0 Å². The van der Waals surface area contributed by atoms with Gasteiger partial charge in [0.05, 0.1) is 0 Å². The first-order chi connectivity index (χ1) is 5.18. The fourth-order valence-electron chi connectivity index (χ4n) is 0.992. The van der Waals surface area contributed by atoms with E-state index in [4.69, 9.17) is 5.73 Å². The Balaban J connectivity index is 0.00000121. The third-order valence-corrected chi connectivity index (χ3v) is 2.00. The van der Waals surface area contributed by atoms with Gasteiger partial charge in [-0.05, 0) is 31.0 Å². The van der Waals surface area contributed by atoms with E-state index in [1.807, 2.05) is 19.1 Å². The van der Waals surface area contributed by atoms with E-state index in [1.165, 1.54) is 5.56 Å². The number of rotatable bonds is 2. The Hall–Kier alpha value is -0.0500. The third-order valence-electron chi connectivity index (χ3n) is 1.47. The van der Waals surface area contributed by atoms with E-state index in [0.29, 0.717) is 0 Å². The van der Waals surface area contributed by atoms with Gasteiger partial charge < -0.3 is 5.73 Å². The zero-order valence-electron chi connectivity index (χ0n) is 6.96. The van der Waals surface area contributed by atoms with Gasteiger partial charge in [0.1, 0.15) is 0 Å².